The van der Waals surface area contributed by atoms with Crippen molar-refractivity contribution in [1.29, 1.82) is 0 Å². The second-order valence-corrected chi connectivity index (χ2v) is 4.82. The molecule has 118 valence electrons. The van der Waals surface area contributed by atoms with Crippen LogP contribution in [0.3, 0.4) is 0 Å². The van der Waals surface area contributed by atoms with E-state index in [1.807, 2.05) is 0 Å². The van der Waals surface area contributed by atoms with Crippen LogP contribution in [0.5, 0.6) is 0 Å². The minimum Gasteiger partial charge on any atom is -0.309 e. The van der Waals surface area contributed by atoms with Gasteiger partial charge < -0.3 is 5.32 Å². The topological polar surface area (TPSA) is 72.7 Å². The Morgan fingerprint density at radius 1 is 1.32 bits per heavy atom. The highest BCUT2D eigenvalue weighted by Crippen LogP contribution is 2.28. The minimum atomic E-state index is -4.53. The van der Waals surface area contributed by atoms with Gasteiger partial charge in [0.2, 0.25) is 5.91 Å². The number of hydrogen-bond donors (Lipinski definition) is 1. The number of hydrogen-bond acceptors (Lipinski definition) is 4. The normalized spacial score (nSPS) is 11.5. The first kappa shape index (κ1) is 15.9. The Morgan fingerprint density at radius 3 is 2.59 bits per heavy atom. The monoisotopic (exact) mass is 313 g/mol. The smallest absolute Gasteiger partial charge is 0.309 e. The zero-order valence-electron chi connectivity index (χ0n) is 12.2. The van der Waals surface area contributed by atoms with Crippen LogP contribution >= 0.6 is 0 Å². The summed E-state index contributed by atoms with van der Waals surface area (Å²) >= 11 is 0. The Bertz CT molecular complexity index is 708. The maximum atomic E-state index is 12.6. The fourth-order valence-electron chi connectivity index (χ4n) is 1.77. The van der Waals surface area contributed by atoms with Gasteiger partial charge in [0.1, 0.15) is 18.2 Å². The lowest BCUT2D eigenvalue weighted by molar-refractivity contribution is -0.141. The van der Waals surface area contributed by atoms with Crippen LogP contribution in [0, 0.1) is 20.8 Å². The molecule has 6 nitrogen and oxygen atoms in total. The number of rotatable bonds is 3. The molecule has 2 aromatic heterocycles. The molecule has 2 heterocycles. The summed E-state index contributed by atoms with van der Waals surface area (Å²) in [5, 5.41) is 5.94. The van der Waals surface area contributed by atoms with Crippen LogP contribution in [0.4, 0.5) is 19.0 Å². The molecule has 0 aromatic carbocycles. The molecule has 0 unspecified atom stereocenters. The second kappa shape index (κ2) is 5.74. The van der Waals surface area contributed by atoms with E-state index in [2.05, 4.69) is 20.4 Å². The highest BCUT2D eigenvalue weighted by atomic mass is 19.4. The predicted octanol–water partition coefficient (Wildman–Crippen LogP) is 2.26. The minimum absolute atomic E-state index is 0.248. The van der Waals surface area contributed by atoms with E-state index in [1.54, 1.807) is 20.0 Å². The van der Waals surface area contributed by atoms with Crippen molar-refractivity contribution in [2.24, 2.45) is 0 Å². The molecule has 1 amide bonds. The second-order valence-electron chi connectivity index (χ2n) is 4.82. The largest absolute Gasteiger partial charge is 0.435 e. The van der Waals surface area contributed by atoms with Gasteiger partial charge in [0, 0.05) is 17.5 Å². The third-order valence-electron chi connectivity index (χ3n) is 2.91. The molecule has 0 atom stereocenters. The number of aromatic nitrogens is 4. The van der Waals surface area contributed by atoms with Gasteiger partial charge in [-0.05, 0) is 26.8 Å². The van der Waals surface area contributed by atoms with Gasteiger partial charge in [-0.2, -0.15) is 18.3 Å². The van der Waals surface area contributed by atoms with Crippen LogP contribution in [0.2, 0.25) is 0 Å². The third kappa shape index (κ3) is 3.60. The number of halogens is 3. The van der Waals surface area contributed by atoms with Gasteiger partial charge in [0.25, 0.3) is 0 Å². The van der Waals surface area contributed by atoms with Gasteiger partial charge in [-0.3, -0.25) is 9.48 Å². The highest BCUT2D eigenvalue weighted by molar-refractivity contribution is 5.90. The first-order valence-corrected chi connectivity index (χ1v) is 6.38. The summed E-state index contributed by atoms with van der Waals surface area (Å²) < 4.78 is 38.7. The molecule has 9 heteroatoms. The van der Waals surface area contributed by atoms with E-state index in [9.17, 15) is 18.0 Å². The number of nitrogens with zero attached hydrogens (tertiary/aromatic N) is 4. The number of alkyl halides is 3. The highest BCUT2D eigenvalue weighted by Gasteiger charge is 2.34. The molecule has 2 aromatic rings. The molecule has 0 aliphatic heterocycles. The average Bonchev–Trinajstić information content (AvgIpc) is 2.75. The summed E-state index contributed by atoms with van der Waals surface area (Å²) in [6.07, 6.45) is -2.98. The molecule has 0 aliphatic carbocycles. The Morgan fingerprint density at radius 2 is 2.00 bits per heavy atom. The zero-order chi connectivity index (χ0) is 16.5. The number of nitrogens with one attached hydrogen (secondary N) is 1. The molecule has 1 N–H and O–H groups in total. The van der Waals surface area contributed by atoms with Crippen LogP contribution in [0.1, 0.15) is 22.8 Å². The Labute approximate surface area is 124 Å². The van der Waals surface area contributed by atoms with Crippen LogP contribution < -0.4 is 5.32 Å². The van der Waals surface area contributed by atoms with Crippen LogP contribution in [-0.2, 0) is 17.5 Å². The van der Waals surface area contributed by atoms with E-state index in [0.29, 0.717) is 17.2 Å². The van der Waals surface area contributed by atoms with Crippen molar-refractivity contribution in [3.8, 4) is 0 Å². The van der Waals surface area contributed by atoms with Gasteiger partial charge in [-0.1, -0.05) is 0 Å². The van der Waals surface area contributed by atoms with Crippen molar-refractivity contribution in [1.82, 2.24) is 19.7 Å². The fourth-order valence-corrected chi connectivity index (χ4v) is 1.77. The number of aryl methyl sites for hydroxylation is 3. The molecule has 22 heavy (non-hydrogen) atoms. The standard InChI is InChI=1S/C13H14F3N5O/c1-7-5-17-9(3)18-12(7)19-11(22)6-21-8(2)4-10(20-21)13(14,15)16/h4-5H,6H2,1-3H3,(H,17,18,19,22). The number of amides is 1. The van der Waals surface area contributed by atoms with Crippen LogP contribution in [-0.4, -0.2) is 25.7 Å². The van der Waals surface area contributed by atoms with Crippen molar-refractivity contribution >= 4 is 11.7 Å². The van der Waals surface area contributed by atoms with E-state index >= 15 is 0 Å². The van der Waals surface area contributed by atoms with Gasteiger partial charge >= 0.3 is 6.18 Å². The summed E-state index contributed by atoms with van der Waals surface area (Å²) in [6, 6.07) is 0.896. The van der Waals surface area contributed by atoms with Crippen LogP contribution in [0.25, 0.3) is 0 Å². The molecule has 0 saturated heterocycles. The molecule has 0 radical (unpaired) electrons. The van der Waals surface area contributed by atoms with Crippen molar-refractivity contribution in [2.45, 2.75) is 33.5 Å². The van der Waals surface area contributed by atoms with Crippen molar-refractivity contribution in [2.75, 3.05) is 5.32 Å². The molecule has 0 bridgehead atoms. The Kier molecular flexibility index (Phi) is 4.16. The summed E-state index contributed by atoms with van der Waals surface area (Å²) in [6.45, 7) is 4.51. The third-order valence-corrected chi connectivity index (χ3v) is 2.91. The first-order chi connectivity index (χ1) is 10.2. The molecule has 0 aliphatic rings. The van der Waals surface area contributed by atoms with Gasteiger partial charge in [-0.25, -0.2) is 9.97 Å². The molecule has 0 fully saturated rings. The number of carbonyl (C=O) groups excluding carboxylic acids is 1. The summed E-state index contributed by atoms with van der Waals surface area (Å²) in [4.78, 5) is 20.0. The predicted molar refractivity (Wildman–Crippen MR) is 72.1 cm³/mol. The van der Waals surface area contributed by atoms with Gasteiger partial charge in [0.05, 0.1) is 0 Å². The Balaban J connectivity index is 2.13. The van der Waals surface area contributed by atoms with E-state index in [-0.39, 0.29) is 12.2 Å². The molecule has 0 saturated carbocycles. The molecule has 0 spiro atoms. The van der Waals surface area contributed by atoms with Gasteiger partial charge in [-0.15, -0.1) is 0 Å². The van der Waals surface area contributed by atoms with Crippen molar-refractivity contribution in [3.63, 3.8) is 0 Å². The summed E-state index contributed by atoms with van der Waals surface area (Å²) in [5.41, 5.74) is -0.114. The van der Waals surface area contributed by atoms with E-state index < -0.39 is 17.8 Å². The fraction of sp³-hybridized carbons (Fsp3) is 0.385. The number of anilines is 1. The zero-order valence-corrected chi connectivity index (χ0v) is 12.2. The van der Waals surface area contributed by atoms with E-state index in [0.717, 1.165) is 10.7 Å². The average molecular weight is 313 g/mol. The lowest BCUT2D eigenvalue weighted by Crippen LogP contribution is -2.22. The lowest BCUT2D eigenvalue weighted by atomic mass is 10.3. The maximum absolute atomic E-state index is 12.6. The molecular formula is C13H14F3N5O. The lowest BCUT2D eigenvalue weighted by Gasteiger charge is -2.08. The quantitative estimate of drug-likeness (QED) is 0.943. The SMILES string of the molecule is Cc1ncc(C)c(NC(=O)Cn2nc(C(F)(F)F)cc2C)n1. The number of carbonyl (C=O) groups is 1. The van der Waals surface area contributed by atoms with E-state index in [1.165, 1.54) is 6.92 Å². The van der Waals surface area contributed by atoms with Crippen molar-refractivity contribution < 1.29 is 18.0 Å². The Hall–Kier alpha value is -2.45. The van der Waals surface area contributed by atoms with Crippen molar-refractivity contribution in [3.05, 3.63) is 35.0 Å². The van der Waals surface area contributed by atoms with Gasteiger partial charge in [0.15, 0.2) is 5.69 Å². The summed E-state index contributed by atoms with van der Waals surface area (Å²) in [5.74, 6) is 0.301. The molecule has 2 rings (SSSR count). The van der Waals surface area contributed by atoms with E-state index in [4.69, 9.17) is 0 Å². The van der Waals surface area contributed by atoms with Crippen LogP contribution in [0.15, 0.2) is 12.3 Å². The first-order valence-electron chi connectivity index (χ1n) is 6.38. The maximum Gasteiger partial charge on any atom is 0.435 e. The molecular weight excluding hydrogens is 299 g/mol. The summed E-state index contributed by atoms with van der Waals surface area (Å²) in [7, 11) is 0.